The van der Waals surface area contributed by atoms with Gasteiger partial charge in [0.2, 0.25) is 0 Å². The SMILES string of the molecule is O=C(Nc1ccccc1)c1ccccc1OC1CCCCO1. The lowest BCUT2D eigenvalue weighted by atomic mass is 10.1. The number of amides is 1. The van der Waals surface area contributed by atoms with Gasteiger partial charge in [0.1, 0.15) is 5.75 Å². The lowest BCUT2D eigenvalue weighted by molar-refractivity contribution is -0.106. The largest absolute Gasteiger partial charge is 0.464 e. The van der Waals surface area contributed by atoms with Crippen LogP contribution in [-0.4, -0.2) is 18.8 Å². The molecule has 2 aromatic carbocycles. The molecule has 1 fully saturated rings. The minimum absolute atomic E-state index is 0.183. The molecule has 114 valence electrons. The fraction of sp³-hybridized carbons (Fsp3) is 0.278. The van der Waals surface area contributed by atoms with Gasteiger partial charge >= 0.3 is 0 Å². The number of carbonyl (C=O) groups excluding carboxylic acids is 1. The lowest BCUT2D eigenvalue weighted by Crippen LogP contribution is -2.26. The van der Waals surface area contributed by atoms with E-state index in [1.807, 2.05) is 42.5 Å². The van der Waals surface area contributed by atoms with Gasteiger partial charge in [0.25, 0.3) is 5.91 Å². The predicted octanol–water partition coefficient (Wildman–Crippen LogP) is 3.84. The summed E-state index contributed by atoms with van der Waals surface area (Å²) in [5, 5.41) is 2.88. The van der Waals surface area contributed by atoms with E-state index >= 15 is 0 Å². The molecule has 1 aliphatic heterocycles. The van der Waals surface area contributed by atoms with Gasteiger partial charge in [-0.05, 0) is 37.1 Å². The fourth-order valence-corrected chi connectivity index (χ4v) is 2.42. The molecule has 1 heterocycles. The highest BCUT2D eigenvalue weighted by Crippen LogP contribution is 2.24. The molecule has 1 unspecified atom stereocenters. The predicted molar refractivity (Wildman–Crippen MR) is 85.1 cm³/mol. The van der Waals surface area contributed by atoms with E-state index in [4.69, 9.17) is 9.47 Å². The first-order chi connectivity index (χ1) is 10.8. The summed E-state index contributed by atoms with van der Waals surface area (Å²) >= 11 is 0. The third kappa shape index (κ3) is 3.65. The summed E-state index contributed by atoms with van der Waals surface area (Å²) in [7, 11) is 0. The highest BCUT2D eigenvalue weighted by atomic mass is 16.7. The Morgan fingerprint density at radius 3 is 2.59 bits per heavy atom. The van der Waals surface area contributed by atoms with E-state index in [-0.39, 0.29) is 12.2 Å². The van der Waals surface area contributed by atoms with Crippen LogP contribution in [0.1, 0.15) is 29.6 Å². The Morgan fingerprint density at radius 1 is 1.05 bits per heavy atom. The lowest BCUT2D eigenvalue weighted by Gasteiger charge is -2.24. The highest BCUT2D eigenvalue weighted by molar-refractivity contribution is 6.06. The molecule has 22 heavy (non-hydrogen) atoms. The number of benzene rings is 2. The van der Waals surface area contributed by atoms with E-state index in [9.17, 15) is 4.79 Å². The van der Waals surface area contributed by atoms with Crippen molar-refractivity contribution in [1.29, 1.82) is 0 Å². The van der Waals surface area contributed by atoms with Crippen LogP contribution >= 0.6 is 0 Å². The fourth-order valence-electron chi connectivity index (χ4n) is 2.42. The summed E-state index contributed by atoms with van der Waals surface area (Å²) in [5.41, 5.74) is 1.27. The van der Waals surface area contributed by atoms with Crippen molar-refractivity contribution in [3.05, 3.63) is 60.2 Å². The molecule has 0 spiro atoms. The molecule has 1 aliphatic rings. The molecule has 2 aromatic rings. The summed E-state index contributed by atoms with van der Waals surface area (Å²) in [6, 6.07) is 16.6. The normalized spacial score (nSPS) is 17.7. The van der Waals surface area contributed by atoms with Crippen LogP contribution in [-0.2, 0) is 4.74 Å². The number of anilines is 1. The molecule has 1 N–H and O–H groups in total. The van der Waals surface area contributed by atoms with Crippen LogP contribution in [0.3, 0.4) is 0 Å². The molecule has 0 aromatic heterocycles. The topological polar surface area (TPSA) is 47.6 Å². The Hall–Kier alpha value is -2.33. The number of carbonyl (C=O) groups is 1. The number of ether oxygens (including phenoxy) is 2. The van der Waals surface area contributed by atoms with Crippen molar-refractivity contribution in [3.8, 4) is 5.75 Å². The maximum absolute atomic E-state index is 12.4. The van der Waals surface area contributed by atoms with Crippen molar-refractivity contribution in [1.82, 2.24) is 0 Å². The first-order valence-electron chi connectivity index (χ1n) is 7.56. The monoisotopic (exact) mass is 297 g/mol. The number of hydrogen-bond acceptors (Lipinski definition) is 3. The van der Waals surface area contributed by atoms with E-state index in [1.54, 1.807) is 12.1 Å². The van der Waals surface area contributed by atoms with Crippen molar-refractivity contribution >= 4 is 11.6 Å². The van der Waals surface area contributed by atoms with Crippen LogP contribution in [0, 0.1) is 0 Å². The van der Waals surface area contributed by atoms with Crippen LogP contribution in [0.25, 0.3) is 0 Å². The molecule has 0 bridgehead atoms. The zero-order chi connectivity index (χ0) is 15.2. The molecular formula is C18H19NO3. The molecule has 0 radical (unpaired) electrons. The Balaban J connectivity index is 1.74. The molecule has 0 saturated carbocycles. The van der Waals surface area contributed by atoms with Gasteiger partial charge in [-0.15, -0.1) is 0 Å². The molecule has 1 atom stereocenters. The summed E-state index contributed by atoms with van der Waals surface area (Å²) in [4.78, 5) is 12.4. The third-order valence-electron chi connectivity index (χ3n) is 3.56. The van der Waals surface area contributed by atoms with Crippen molar-refractivity contribution in [3.63, 3.8) is 0 Å². The highest BCUT2D eigenvalue weighted by Gasteiger charge is 2.19. The molecular weight excluding hydrogens is 278 g/mol. The minimum Gasteiger partial charge on any atom is -0.464 e. The van der Waals surface area contributed by atoms with Gasteiger partial charge in [-0.1, -0.05) is 30.3 Å². The quantitative estimate of drug-likeness (QED) is 0.932. The second-order valence-corrected chi connectivity index (χ2v) is 5.23. The molecule has 3 rings (SSSR count). The van der Waals surface area contributed by atoms with E-state index in [0.29, 0.717) is 17.9 Å². The van der Waals surface area contributed by atoms with Crippen molar-refractivity contribution in [2.75, 3.05) is 11.9 Å². The molecule has 1 amide bonds. The maximum atomic E-state index is 12.4. The van der Waals surface area contributed by atoms with Crippen LogP contribution < -0.4 is 10.1 Å². The summed E-state index contributed by atoms with van der Waals surface area (Å²) < 4.78 is 11.4. The van der Waals surface area contributed by atoms with Crippen molar-refractivity contribution in [2.45, 2.75) is 25.6 Å². The summed E-state index contributed by atoms with van der Waals surface area (Å²) in [6.45, 7) is 0.711. The van der Waals surface area contributed by atoms with Crippen molar-refractivity contribution < 1.29 is 14.3 Å². The van der Waals surface area contributed by atoms with E-state index < -0.39 is 0 Å². The second-order valence-electron chi connectivity index (χ2n) is 5.23. The zero-order valence-electron chi connectivity index (χ0n) is 12.3. The van der Waals surface area contributed by atoms with Gasteiger partial charge in [0, 0.05) is 12.1 Å². The Morgan fingerprint density at radius 2 is 1.82 bits per heavy atom. The summed E-state index contributed by atoms with van der Waals surface area (Å²) in [5.74, 6) is 0.375. The van der Waals surface area contributed by atoms with Gasteiger partial charge in [-0.25, -0.2) is 0 Å². The molecule has 0 aliphatic carbocycles. The Labute approximate surface area is 130 Å². The van der Waals surface area contributed by atoms with E-state index in [2.05, 4.69) is 5.32 Å². The van der Waals surface area contributed by atoms with Gasteiger partial charge in [-0.2, -0.15) is 0 Å². The number of para-hydroxylation sites is 2. The summed E-state index contributed by atoms with van der Waals surface area (Å²) in [6.07, 6.45) is 2.74. The van der Waals surface area contributed by atoms with E-state index in [1.165, 1.54) is 0 Å². The maximum Gasteiger partial charge on any atom is 0.259 e. The third-order valence-corrected chi connectivity index (χ3v) is 3.56. The van der Waals surface area contributed by atoms with Crippen LogP contribution in [0.2, 0.25) is 0 Å². The zero-order valence-corrected chi connectivity index (χ0v) is 12.3. The average Bonchev–Trinajstić information content (AvgIpc) is 2.57. The Bertz CT molecular complexity index is 621. The van der Waals surface area contributed by atoms with Gasteiger partial charge in [-0.3, -0.25) is 4.79 Å². The van der Waals surface area contributed by atoms with Gasteiger partial charge < -0.3 is 14.8 Å². The van der Waals surface area contributed by atoms with Crippen LogP contribution in [0.5, 0.6) is 5.75 Å². The smallest absolute Gasteiger partial charge is 0.259 e. The number of rotatable bonds is 4. The molecule has 4 heteroatoms. The first kappa shape index (κ1) is 14.6. The van der Waals surface area contributed by atoms with Gasteiger partial charge in [0.15, 0.2) is 6.29 Å². The number of hydrogen-bond donors (Lipinski definition) is 1. The van der Waals surface area contributed by atoms with Crippen LogP contribution in [0.15, 0.2) is 54.6 Å². The van der Waals surface area contributed by atoms with Crippen molar-refractivity contribution in [2.24, 2.45) is 0 Å². The van der Waals surface area contributed by atoms with Gasteiger partial charge in [0.05, 0.1) is 12.2 Å². The first-order valence-corrected chi connectivity index (χ1v) is 7.56. The Kier molecular flexibility index (Phi) is 4.71. The second kappa shape index (κ2) is 7.09. The average molecular weight is 297 g/mol. The molecule has 4 nitrogen and oxygen atoms in total. The molecule has 1 saturated heterocycles. The standard InChI is InChI=1S/C18H19NO3/c20-18(19-14-8-2-1-3-9-14)15-10-4-5-11-16(15)22-17-12-6-7-13-21-17/h1-5,8-11,17H,6-7,12-13H2,(H,19,20). The van der Waals surface area contributed by atoms with Crippen LogP contribution in [0.4, 0.5) is 5.69 Å². The minimum atomic E-state index is -0.264. The van der Waals surface area contributed by atoms with E-state index in [0.717, 1.165) is 24.9 Å². The number of nitrogens with one attached hydrogen (secondary N) is 1.